The normalized spacial score (nSPS) is 12.4. The Morgan fingerprint density at radius 3 is 2.24 bits per heavy atom. The lowest BCUT2D eigenvalue weighted by Gasteiger charge is -2.18. The number of nitrogens with zero attached hydrogens (tertiary/aromatic N) is 1. The molecule has 1 rings (SSSR count). The third-order valence-electron chi connectivity index (χ3n) is 2.07. The maximum absolute atomic E-state index is 11.7. The van der Waals surface area contributed by atoms with E-state index in [4.69, 9.17) is 4.74 Å². The van der Waals surface area contributed by atoms with Crippen LogP contribution in [0.2, 0.25) is 0 Å². The maximum atomic E-state index is 11.7. The largest absolute Gasteiger partial charge is 0.623 e. The number of ether oxygens (including phenoxy) is 1. The predicted molar refractivity (Wildman–Crippen MR) is 66.3 cm³/mol. The Morgan fingerprint density at radius 1 is 1.29 bits per heavy atom. The molecule has 92 valence electrons. The summed E-state index contributed by atoms with van der Waals surface area (Å²) in [5.41, 5.74) is 0.306. The zero-order valence-corrected chi connectivity index (χ0v) is 10.6. The van der Waals surface area contributed by atoms with Crippen molar-refractivity contribution in [3.8, 4) is 5.75 Å². The molecule has 0 unspecified atom stereocenters. The molecule has 0 amide bonds. The molecule has 0 radical (unpaired) electrons. The molecule has 0 heterocycles. The van der Waals surface area contributed by atoms with Crippen molar-refractivity contribution in [2.75, 3.05) is 0 Å². The van der Waals surface area contributed by atoms with Gasteiger partial charge >= 0.3 is 5.97 Å². The summed E-state index contributed by atoms with van der Waals surface area (Å²) < 4.78 is 5.79. The van der Waals surface area contributed by atoms with Gasteiger partial charge in [-0.05, 0) is 24.3 Å². The van der Waals surface area contributed by atoms with Gasteiger partial charge < -0.3 is 9.94 Å². The van der Waals surface area contributed by atoms with Crippen LogP contribution in [0, 0.1) is 5.21 Å². The van der Waals surface area contributed by atoms with E-state index in [1.165, 1.54) is 13.1 Å². The summed E-state index contributed by atoms with van der Waals surface area (Å²) in [6.45, 7) is 6.86. The third-order valence-corrected chi connectivity index (χ3v) is 2.07. The fourth-order valence-corrected chi connectivity index (χ4v) is 1.12. The van der Waals surface area contributed by atoms with Gasteiger partial charge in [-0.2, -0.15) is 0 Å². The van der Waals surface area contributed by atoms with Crippen LogP contribution in [0.5, 0.6) is 5.75 Å². The van der Waals surface area contributed by atoms with Crippen LogP contribution in [0.15, 0.2) is 24.3 Å². The highest BCUT2D eigenvalue weighted by molar-refractivity contribution is 5.76. The summed E-state index contributed by atoms with van der Waals surface area (Å²) in [5.74, 6) is 0.115. The van der Waals surface area contributed by atoms with Crippen LogP contribution in [0.25, 0.3) is 0 Å². The van der Waals surface area contributed by atoms with E-state index < -0.39 is 5.54 Å². The van der Waals surface area contributed by atoms with Crippen molar-refractivity contribution in [1.82, 2.24) is 0 Å². The van der Waals surface area contributed by atoms with Crippen LogP contribution < -0.4 is 4.74 Å². The highest BCUT2D eigenvalue weighted by Crippen LogP contribution is 2.12. The number of carbonyl (C=O) groups is 1. The fourth-order valence-electron chi connectivity index (χ4n) is 1.12. The molecule has 0 atom stereocenters. The van der Waals surface area contributed by atoms with Crippen molar-refractivity contribution in [3.63, 3.8) is 0 Å². The smallest absolute Gasteiger partial charge is 0.308 e. The standard InChI is InChI=1S/C13H17NO3/c1-10(15)17-12-7-5-11(6-8-12)9-14(16)13(2,3)4/h5-9H,1-4H3/b14-9-. The zero-order valence-electron chi connectivity index (χ0n) is 10.6. The third kappa shape index (κ3) is 4.26. The molecule has 17 heavy (non-hydrogen) atoms. The highest BCUT2D eigenvalue weighted by Gasteiger charge is 2.17. The minimum absolute atomic E-state index is 0.359. The molecule has 0 aromatic heterocycles. The van der Waals surface area contributed by atoms with E-state index in [9.17, 15) is 10.0 Å². The lowest BCUT2D eigenvalue weighted by Crippen LogP contribution is -2.29. The Morgan fingerprint density at radius 2 is 1.82 bits per heavy atom. The average Bonchev–Trinajstić information content (AvgIpc) is 2.18. The molecule has 0 N–H and O–H groups in total. The zero-order chi connectivity index (χ0) is 13.1. The summed E-state index contributed by atoms with van der Waals surface area (Å²) in [7, 11) is 0. The Labute approximate surface area is 101 Å². The number of hydrogen-bond donors (Lipinski definition) is 0. The second kappa shape index (κ2) is 4.99. The second-order valence-corrected chi connectivity index (χ2v) is 4.79. The van der Waals surface area contributed by atoms with Gasteiger partial charge in [0.1, 0.15) is 5.75 Å². The van der Waals surface area contributed by atoms with Crippen LogP contribution in [-0.2, 0) is 4.79 Å². The van der Waals surface area contributed by atoms with Gasteiger partial charge in [0.2, 0.25) is 0 Å². The lowest BCUT2D eigenvalue weighted by atomic mass is 10.1. The van der Waals surface area contributed by atoms with Crippen LogP contribution in [0.4, 0.5) is 0 Å². The molecule has 0 aliphatic carbocycles. The molecule has 0 fully saturated rings. The molecule has 1 aromatic rings. The van der Waals surface area contributed by atoms with E-state index in [0.29, 0.717) is 5.75 Å². The Balaban J connectivity index is 2.85. The van der Waals surface area contributed by atoms with E-state index in [1.807, 2.05) is 20.8 Å². The minimum atomic E-state index is -0.464. The van der Waals surface area contributed by atoms with Crippen molar-refractivity contribution in [3.05, 3.63) is 35.0 Å². The van der Waals surface area contributed by atoms with E-state index in [0.717, 1.165) is 10.3 Å². The first-order chi connectivity index (χ1) is 7.79. The van der Waals surface area contributed by atoms with Crippen LogP contribution in [-0.4, -0.2) is 22.5 Å². The van der Waals surface area contributed by atoms with Crippen LogP contribution >= 0.6 is 0 Å². The monoisotopic (exact) mass is 235 g/mol. The minimum Gasteiger partial charge on any atom is -0.623 e. The fraction of sp³-hybridized carbons (Fsp3) is 0.385. The first kappa shape index (κ1) is 13.2. The van der Waals surface area contributed by atoms with Gasteiger partial charge in [0, 0.05) is 33.3 Å². The molecule has 0 aliphatic rings. The Hall–Kier alpha value is -1.84. The van der Waals surface area contributed by atoms with Gasteiger partial charge in [-0.3, -0.25) is 4.79 Å². The van der Waals surface area contributed by atoms with Gasteiger partial charge in [0.25, 0.3) is 0 Å². The van der Waals surface area contributed by atoms with Crippen molar-refractivity contribution >= 4 is 12.2 Å². The van der Waals surface area contributed by atoms with Crippen molar-refractivity contribution in [2.45, 2.75) is 33.2 Å². The first-order valence-corrected chi connectivity index (χ1v) is 5.39. The SMILES string of the molecule is CC(=O)Oc1ccc(/C=[N+](\[O-])C(C)(C)C)cc1. The highest BCUT2D eigenvalue weighted by atomic mass is 16.5. The number of benzene rings is 1. The molecular weight excluding hydrogens is 218 g/mol. The average molecular weight is 235 g/mol. The van der Waals surface area contributed by atoms with Crippen LogP contribution in [0.1, 0.15) is 33.3 Å². The van der Waals surface area contributed by atoms with Crippen molar-refractivity contribution in [1.29, 1.82) is 0 Å². The molecule has 0 bridgehead atoms. The number of carbonyl (C=O) groups excluding carboxylic acids is 1. The van der Waals surface area contributed by atoms with E-state index >= 15 is 0 Å². The van der Waals surface area contributed by atoms with Gasteiger partial charge in [0.15, 0.2) is 11.8 Å². The lowest BCUT2D eigenvalue weighted by molar-refractivity contribution is -0.530. The number of hydroxylamine groups is 1. The second-order valence-electron chi connectivity index (χ2n) is 4.79. The molecule has 4 nitrogen and oxygen atoms in total. The number of esters is 1. The van der Waals surface area contributed by atoms with Gasteiger partial charge in [-0.15, -0.1) is 0 Å². The summed E-state index contributed by atoms with van der Waals surface area (Å²) in [6, 6.07) is 6.78. The number of hydrogen-bond acceptors (Lipinski definition) is 3. The van der Waals surface area contributed by atoms with Crippen LogP contribution in [0.3, 0.4) is 0 Å². The molecule has 0 saturated carbocycles. The molecule has 0 spiro atoms. The van der Waals surface area contributed by atoms with Gasteiger partial charge in [-0.1, -0.05) is 0 Å². The summed E-state index contributed by atoms with van der Waals surface area (Å²) in [4.78, 5) is 10.7. The van der Waals surface area contributed by atoms with Gasteiger partial charge in [0.05, 0.1) is 0 Å². The van der Waals surface area contributed by atoms with E-state index in [2.05, 4.69) is 0 Å². The molecular formula is C13H17NO3. The molecule has 0 saturated heterocycles. The summed E-state index contributed by atoms with van der Waals surface area (Å²) in [5, 5.41) is 11.7. The predicted octanol–water partition coefficient (Wildman–Crippen LogP) is 2.34. The van der Waals surface area contributed by atoms with Gasteiger partial charge in [-0.25, -0.2) is 4.74 Å². The maximum Gasteiger partial charge on any atom is 0.308 e. The first-order valence-electron chi connectivity index (χ1n) is 5.39. The van der Waals surface area contributed by atoms with E-state index in [1.54, 1.807) is 24.3 Å². The summed E-state index contributed by atoms with van der Waals surface area (Å²) in [6.07, 6.45) is 1.51. The molecule has 1 aromatic carbocycles. The van der Waals surface area contributed by atoms with Crippen molar-refractivity contribution in [2.24, 2.45) is 0 Å². The molecule has 0 aliphatic heterocycles. The summed E-state index contributed by atoms with van der Waals surface area (Å²) >= 11 is 0. The Kier molecular flexibility index (Phi) is 3.89. The van der Waals surface area contributed by atoms with E-state index in [-0.39, 0.29) is 5.97 Å². The topological polar surface area (TPSA) is 52.4 Å². The quantitative estimate of drug-likeness (QED) is 0.197. The number of rotatable bonds is 2. The Bertz CT molecular complexity index is 427. The molecule has 4 heteroatoms. The van der Waals surface area contributed by atoms with Crippen molar-refractivity contribution < 1.29 is 14.3 Å².